The normalized spacial score (nSPS) is 21.7. The van der Waals surface area contributed by atoms with Gasteiger partial charge >= 0.3 is 23.9 Å². The lowest BCUT2D eigenvalue weighted by molar-refractivity contribution is -0.254. The topological polar surface area (TPSA) is 124 Å². The summed E-state index contributed by atoms with van der Waals surface area (Å²) in [6, 6.07) is 16.0. The summed E-state index contributed by atoms with van der Waals surface area (Å²) in [4.78, 5) is 49.7. The van der Waals surface area contributed by atoms with Gasteiger partial charge in [-0.05, 0) is 49.1 Å². The Morgan fingerprint density at radius 1 is 0.814 bits per heavy atom. The molecule has 0 unspecified atom stereocenters. The predicted octanol–water partition coefficient (Wildman–Crippen LogP) is 5.08. The molecule has 0 N–H and O–H groups in total. The lowest BCUT2D eigenvalue weighted by Gasteiger charge is -2.45. The SMILES string of the molecule is CC(=O)OC[C@H]1O[C@@H](c2cc(Cc3cc4ccccc4s3)ccc2OC(C)C)[C@H](OC(C)=O)[C@@H](OC(C)=O)[C@@H]1OC(C)=O. The maximum absolute atomic E-state index is 12.4. The zero-order chi connectivity index (χ0) is 31.3. The van der Waals surface area contributed by atoms with Crippen LogP contribution in [0.4, 0.5) is 0 Å². The Hall–Kier alpha value is -3.96. The number of ether oxygens (including phenoxy) is 6. The van der Waals surface area contributed by atoms with Crippen LogP contribution in [0.15, 0.2) is 48.5 Å². The minimum Gasteiger partial charge on any atom is -0.491 e. The van der Waals surface area contributed by atoms with Crippen LogP contribution in [0.5, 0.6) is 5.75 Å². The Morgan fingerprint density at radius 3 is 2.09 bits per heavy atom. The largest absolute Gasteiger partial charge is 0.491 e. The van der Waals surface area contributed by atoms with Gasteiger partial charge in [-0.1, -0.05) is 24.3 Å². The number of esters is 4. The predicted molar refractivity (Wildman–Crippen MR) is 158 cm³/mol. The highest BCUT2D eigenvalue weighted by molar-refractivity contribution is 7.19. The minimum atomic E-state index is -1.28. The first-order chi connectivity index (χ1) is 20.4. The Bertz CT molecular complexity index is 1440. The van der Waals surface area contributed by atoms with Gasteiger partial charge in [-0.2, -0.15) is 0 Å². The van der Waals surface area contributed by atoms with E-state index in [2.05, 4.69) is 18.2 Å². The third-order valence-electron chi connectivity index (χ3n) is 6.59. The second-order valence-electron chi connectivity index (χ2n) is 10.6. The number of carbonyl (C=O) groups excluding carboxylic acids is 4. The van der Waals surface area contributed by atoms with Crippen molar-refractivity contribution < 1.29 is 47.6 Å². The van der Waals surface area contributed by atoms with Crippen LogP contribution in [0.3, 0.4) is 0 Å². The van der Waals surface area contributed by atoms with Gasteiger partial charge in [0.15, 0.2) is 18.3 Å². The molecule has 230 valence electrons. The summed E-state index contributed by atoms with van der Waals surface area (Å²) in [5.41, 5.74) is 1.47. The molecule has 0 bridgehead atoms. The standard InChI is InChI=1S/C32H36O10S/c1-17(2)38-26-12-11-22(13-24-15-23-9-7-8-10-28(23)43-24)14-25(26)29-31(40-20(5)35)32(41-21(6)36)30(39-19(4)34)27(42-29)16-37-18(3)33/h7-12,14-15,17,27,29-32H,13,16H2,1-6H3/t27-,29+,30-,31+,32+/m1/s1. The molecule has 0 spiro atoms. The maximum atomic E-state index is 12.4. The van der Waals surface area contributed by atoms with E-state index < -0.39 is 54.4 Å². The summed E-state index contributed by atoms with van der Waals surface area (Å²) in [5, 5.41) is 1.15. The maximum Gasteiger partial charge on any atom is 0.303 e. The fourth-order valence-electron chi connectivity index (χ4n) is 5.10. The number of hydrogen-bond acceptors (Lipinski definition) is 11. The Labute approximate surface area is 254 Å². The van der Waals surface area contributed by atoms with Crippen LogP contribution < -0.4 is 4.74 Å². The molecule has 1 aromatic heterocycles. The van der Waals surface area contributed by atoms with Gasteiger partial charge in [0.2, 0.25) is 0 Å². The second-order valence-corrected chi connectivity index (χ2v) is 11.8. The summed E-state index contributed by atoms with van der Waals surface area (Å²) in [5.74, 6) is -2.15. The third-order valence-corrected chi connectivity index (χ3v) is 7.71. The number of thiophene rings is 1. The van der Waals surface area contributed by atoms with E-state index in [9.17, 15) is 19.2 Å². The van der Waals surface area contributed by atoms with Crippen LogP contribution in [0.25, 0.3) is 10.1 Å². The van der Waals surface area contributed by atoms with Crippen molar-refractivity contribution in [3.63, 3.8) is 0 Å². The molecule has 0 saturated carbocycles. The van der Waals surface area contributed by atoms with E-state index in [-0.39, 0.29) is 12.7 Å². The molecule has 0 amide bonds. The van der Waals surface area contributed by atoms with E-state index >= 15 is 0 Å². The van der Waals surface area contributed by atoms with Gasteiger partial charge in [0, 0.05) is 49.3 Å². The van der Waals surface area contributed by atoms with Crippen molar-refractivity contribution in [2.75, 3.05) is 6.61 Å². The van der Waals surface area contributed by atoms with Crippen molar-refractivity contribution in [3.8, 4) is 5.75 Å². The average Bonchev–Trinajstić information content (AvgIpc) is 3.32. The fraction of sp³-hybridized carbons (Fsp3) is 0.438. The summed E-state index contributed by atoms with van der Waals surface area (Å²) in [6.45, 7) is 8.28. The molecular formula is C32H36O10S. The molecule has 1 aliphatic heterocycles. The first-order valence-corrected chi connectivity index (χ1v) is 14.8. The number of rotatable bonds is 10. The van der Waals surface area contributed by atoms with Crippen molar-refractivity contribution in [2.45, 2.75) is 84.6 Å². The first kappa shape index (κ1) is 32.0. The van der Waals surface area contributed by atoms with Gasteiger partial charge in [-0.3, -0.25) is 19.2 Å². The van der Waals surface area contributed by atoms with Crippen molar-refractivity contribution in [1.82, 2.24) is 0 Å². The van der Waals surface area contributed by atoms with E-state index in [0.717, 1.165) is 15.8 Å². The Balaban J connectivity index is 1.82. The van der Waals surface area contributed by atoms with Crippen LogP contribution in [0, 0.1) is 0 Å². The molecule has 0 radical (unpaired) electrons. The molecule has 1 saturated heterocycles. The molecule has 5 atom stereocenters. The highest BCUT2D eigenvalue weighted by Gasteiger charge is 2.53. The van der Waals surface area contributed by atoms with Gasteiger partial charge in [0.1, 0.15) is 24.6 Å². The molecule has 2 heterocycles. The summed E-state index contributed by atoms with van der Waals surface area (Å²) < 4.78 is 35.9. The van der Waals surface area contributed by atoms with Crippen LogP contribution in [-0.4, -0.2) is 61.0 Å². The molecule has 43 heavy (non-hydrogen) atoms. The summed E-state index contributed by atoms with van der Waals surface area (Å²) >= 11 is 1.69. The molecule has 11 heteroatoms. The molecular weight excluding hydrogens is 576 g/mol. The van der Waals surface area contributed by atoms with Gasteiger partial charge in [-0.15, -0.1) is 11.3 Å². The van der Waals surface area contributed by atoms with Crippen LogP contribution in [0.2, 0.25) is 0 Å². The second kappa shape index (κ2) is 14.0. The molecule has 3 aromatic rings. The quantitative estimate of drug-likeness (QED) is 0.226. The Morgan fingerprint density at radius 2 is 1.47 bits per heavy atom. The summed E-state index contributed by atoms with van der Waals surface area (Å²) in [6.07, 6.45) is -5.45. The van der Waals surface area contributed by atoms with Crippen molar-refractivity contribution in [2.24, 2.45) is 0 Å². The highest BCUT2D eigenvalue weighted by Crippen LogP contribution is 2.42. The Kier molecular flexibility index (Phi) is 10.4. The fourth-order valence-corrected chi connectivity index (χ4v) is 6.19. The molecule has 1 fully saturated rings. The van der Waals surface area contributed by atoms with E-state index in [0.29, 0.717) is 17.7 Å². The van der Waals surface area contributed by atoms with E-state index in [1.807, 2.05) is 44.2 Å². The van der Waals surface area contributed by atoms with Crippen molar-refractivity contribution >= 4 is 45.3 Å². The number of fused-ring (bicyclic) bond motifs is 1. The van der Waals surface area contributed by atoms with E-state index in [1.54, 1.807) is 11.3 Å². The monoisotopic (exact) mass is 612 g/mol. The zero-order valence-electron chi connectivity index (χ0n) is 25.0. The number of benzene rings is 2. The van der Waals surface area contributed by atoms with Crippen LogP contribution in [0.1, 0.15) is 63.7 Å². The minimum absolute atomic E-state index is 0.210. The zero-order valence-corrected chi connectivity index (χ0v) is 25.8. The van der Waals surface area contributed by atoms with Gasteiger partial charge in [0.05, 0.1) is 6.10 Å². The van der Waals surface area contributed by atoms with Crippen molar-refractivity contribution in [1.29, 1.82) is 0 Å². The third kappa shape index (κ3) is 8.32. The highest BCUT2D eigenvalue weighted by atomic mass is 32.1. The first-order valence-electron chi connectivity index (χ1n) is 14.0. The van der Waals surface area contributed by atoms with Gasteiger partial charge < -0.3 is 28.4 Å². The molecule has 1 aliphatic rings. The average molecular weight is 613 g/mol. The molecule has 2 aromatic carbocycles. The molecule has 10 nitrogen and oxygen atoms in total. The van der Waals surface area contributed by atoms with Gasteiger partial charge in [0.25, 0.3) is 0 Å². The number of carbonyl (C=O) groups is 4. The van der Waals surface area contributed by atoms with Crippen LogP contribution in [-0.2, 0) is 49.3 Å². The molecule has 0 aliphatic carbocycles. The smallest absolute Gasteiger partial charge is 0.303 e. The lowest BCUT2D eigenvalue weighted by Crippen LogP contribution is -2.59. The lowest BCUT2D eigenvalue weighted by atomic mass is 9.89. The number of hydrogen-bond donors (Lipinski definition) is 0. The van der Waals surface area contributed by atoms with Crippen molar-refractivity contribution in [3.05, 3.63) is 64.5 Å². The summed E-state index contributed by atoms with van der Waals surface area (Å²) in [7, 11) is 0. The van der Waals surface area contributed by atoms with Gasteiger partial charge in [-0.25, -0.2) is 0 Å². The van der Waals surface area contributed by atoms with E-state index in [1.165, 1.54) is 32.4 Å². The van der Waals surface area contributed by atoms with E-state index in [4.69, 9.17) is 28.4 Å². The van der Waals surface area contributed by atoms with Crippen LogP contribution >= 0.6 is 11.3 Å². The molecule has 4 rings (SSSR count).